The fourth-order valence-electron chi connectivity index (χ4n) is 3.84. The Morgan fingerprint density at radius 3 is 2.83 bits per heavy atom. The fraction of sp³-hybridized carbons (Fsp3) is 0.200. The molecule has 2 heterocycles. The lowest BCUT2D eigenvalue weighted by atomic mass is 9.97. The topological polar surface area (TPSA) is 63.5 Å². The van der Waals surface area contributed by atoms with E-state index in [4.69, 9.17) is 10.5 Å². The SMILES string of the molecule is C=C1C(CC)=CN(c2cccc3c2NCCC3)N=C1/C(=C/C=N)Nc1ccccc1. The van der Waals surface area contributed by atoms with E-state index in [2.05, 4.69) is 48.5 Å². The molecule has 0 radical (unpaired) electrons. The average molecular weight is 398 g/mol. The van der Waals surface area contributed by atoms with Crippen molar-refractivity contribution in [2.75, 3.05) is 22.2 Å². The highest BCUT2D eigenvalue weighted by Crippen LogP contribution is 2.36. The minimum atomic E-state index is 0.745. The summed E-state index contributed by atoms with van der Waals surface area (Å²) >= 11 is 0. The number of fused-ring (bicyclic) bond motifs is 1. The van der Waals surface area contributed by atoms with E-state index < -0.39 is 0 Å². The van der Waals surface area contributed by atoms with E-state index >= 15 is 0 Å². The first-order chi connectivity index (χ1) is 14.7. The number of para-hydroxylation sites is 2. The lowest BCUT2D eigenvalue weighted by molar-refractivity contribution is 0.827. The molecule has 4 rings (SSSR count). The molecule has 0 fully saturated rings. The number of benzene rings is 2. The molecule has 0 bridgehead atoms. The van der Waals surface area contributed by atoms with Crippen molar-refractivity contribution in [2.45, 2.75) is 26.2 Å². The van der Waals surface area contributed by atoms with Gasteiger partial charge in [-0.25, -0.2) is 5.01 Å². The molecule has 2 aliphatic rings. The number of hydrogen-bond acceptors (Lipinski definition) is 5. The molecular weight excluding hydrogens is 370 g/mol. The number of rotatable bonds is 6. The maximum Gasteiger partial charge on any atom is 0.114 e. The molecule has 2 aromatic rings. The Morgan fingerprint density at radius 1 is 1.23 bits per heavy atom. The van der Waals surface area contributed by atoms with Crippen LogP contribution in [0.3, 0.4) is 0 Å². The van der Waals surface area contributed by atoms with Crippen LogP contribution in [0, 0.1) is 5.41 Å². The number of hydrazone groups is 1. The zero-order valence-corrected chi connectivity index (χ0v) is 17.3. The smallest absolute Gasteiger partial charge is 0.114 e. The summed E-state index contributed by atoms with van der Waals surface area (Å²) in [6.45, 7) is 7.41. The van der Waals surface area contributed by atoms with Gasteiger partial charge in [0, 0.05) is 30.2 Å². The van der Waals surface area contributed by atoms with Gasteiger partial charge in [0.15, 0.2) is 0 Å². The maximum atomic E-state index is 7.65. The lowest BCUT2D eigenvalue weighted by Gasteiger charge is -2.30. The molecule has 30 heavy (non-hydrogen) atoms. The molecule has 0 amide bonds. The molecular formula is C25H27N5. The number of nitrogens with one attached hydrogen (secondary N) is 3. The summed E-state index contributed by atoms with van der Waals surface area (Å²) in [5.41, 5.74) is 7.96. The van der Waals surface area contributed by atoms with Gasteiger partial charge in [0.25, 0.3) is 0 Å². The molecule has 0 saturated heterocycles. The average Bonchev–Trinajstić information content (AvgIpc) is 2.79. The third-order valence-electron chi connectivity index (χ3n) is 5.40. The zero-order valence-electron chi connectivity index (χ0n) is 17.3. The fourth-order valence-corrected chi connectivity index (χ4v) is 3.84. The molecule has 2 aromatic carbocycles. The molecule has 0 aromatic heterocycles. The Hall–Kier alpha value is -3.60. The van der Waals surface area contributed by atoms with E-state index in [0.29, 0.717) is 0 Å². The maximum absolute atomic E-state index is 7.65. The third-order valence-corrected chi connectivity index (χ3v) is 5.40. The molecule has 0 saturated carbocycles. The van der Waals surface area contributed by atoms with Crippen molar-refractivity contribution in [3.05, 3.63) is 89.8 Å². The largest absolute Gasteiger partial charge is 0.383 e. The van der Waals surface area contributed by atoms with Gasteiger partial charge in [-0.05, 0) is 54.7 Å². The quantitative estimate of drug-likeness (QED) is 0.547. The number of nitrogens with zero attached hydrogens (tertiary/aromatic N) is 2. The first-order valence-corrected chi connectivity index (χ1v) is 10.4. The number of hydrogen-bond donors (Lipinski definition) is 3. The van der Waals surface area contributed by atoms with Crippen molar-refractivity contribution < 1.29 is 0 Å². The monoisotopic (exact) mass is 397 g/mol. The van der Waals surface area contributed by atoms with Crippen LogP contribution in [0.4, 0.5) is 17.1 Å². The van der Waals surface area contributed by atoms with Crippen molar-refractivity contribution in [3.8, 4) is 0 Å². The van der Waals surface area contributed by atoms with E-state index in [-0.39, 0.29) is 0 Å². The van der Waals surface area contributed by atoms with E-state index in [1.54, 1.807) is 6.08 Å². The standard InChI is InChI=1S/C25H27N5/c1-3-19-17-30(23-13-7-9-20-10-8-16-27-25(20)23)29-24(18(19)2)22(14-15-26)28-21-11-5-4-6-12-21/h4-7,9,11-15,17,26-28H,2-3,8,10,16H2,1H3/b22-14-,26-15?. The van der Waals surface area contributed by atoms with Crippen molar-refractivity contribution >= 4 is 29.0 Å². The van der Waals surface area contributed by atoms with Gasteiger partial charge in [-0.2, -0.15) is 5.10 Å². The molecule has 0 unspecified atom stereocenters. The second-order valence-electron chi connectivity index (χ2n) is 7.36. The Morgan fingerprint density at radius 2 is 2.07 bits per heavy atom. The van der Waals surface area contributed by atoms with Gasteiger partial charge in [0.05, 0.1) is 17.1 Å². The van der Waals surface area contributed by atoms with Crippen molar-refractivity contribution in [1.82, 2.24) is 0 Å². The second-order valence-corrected chi connectivity index (χ2v) is 7.36. The summed E-state index contributed by atoms with van der Waals surface area (Å²) in [4.78, 5) is 0. The van der Waals surface area contributed by atoms with Crippen LogP contribution in [0.1, 0.15) is 25.3 Å². The van der Waals surface area contributed by atoms with E-state index in [0.717, 1.165) is 65.4 Å². The summed E-state index contributed by atoms with van der Waals surface area (Å²) in [7, 11) is 0. The van der Waals surface area contributed by atoms with Crippen LogP contribution in [0.25, 0.3) is 0 Å². The Bertz CT molecular complexity index is 1050. The predicted molar refractivity (Wildman–Crippen MR) is 128 cm³/mol. The number of anilines is 3. The number of allylic oxidation sites excluding steroid dienone is 3. The molecule has 5 nitrogen and oxygen atoms in total. The Kier molecular flexibility index (Phi) is 5.80. The summed E-state index contributed by atoms with van der Waals surface area (Å²) in [5, 5.41) is 21.5. The zero-order chi connectivity index (χ0) is 20.9. The van der Waals surface area contributed by atoms with Crippen LogP contribution >= 0.6 is 0 Å². The van der Waals surface area contributed by atoms with Crippen molar-refractivity contribution in [1.29, 1.82) is 5.41 Å². The van der Waals surface area contributed by atoms with Crippen LogP contribution in [0.15, 0.2) is 89.3 Å². The molecule has 2 aliphatic heterocycles. The van der Waals surface area contributed by atoms with Gasteiger partial charge < -0.3 is 16.0 Å². The van der Waals surface area contributed by atoms with Gasteiger partial charge >= 0.3 is 0 Å². The van der Waals surface area contributed by atoms with Crippen molar-refractivity contribution in [2.24, 2.45) is 5.10 Å². The second kappa shape index (κ2) is 8.82. The summed E-state index contributed by atoms with van der Waals surface area (Å²) in [6, 6.07) is 16.3. The normalized spacial score (nSPS) is 16.2. The van der Waals surface area contributed by atoms with Crippen LogP contribution in [0.5, 0.6) is 0 Å². The van der Waals surface area contributed by atoms with Gasteiger partial charge in [-0.15, -0.1) is 0 Å². The van der Waals surface area contributed by atoms with E-state index in [1.165, 1.54) is 11.8 Å². The van der Waals surface area contributed by atoms with Gasteiger partial charge in [-0.1, -0.05) is 43.8 Å². The third kappa shape index (κ3) is 3.92. The van der Waals surface area contributed by atoms with E-state index in [1.807, 2.05) is 35.3 Å². The minimum absolute atomic E-state index is 0.745. The van der Waals surface area contributed by atoms with Gasteiger partial charge in [0.1, 0.15) is 5.71 Å². The van der Waals surface area contributed by atoms with Crippen LogP contribution in [-0.2, 0) is 6.42 Å². The highest BCUT2D eigenvalue weighted by Gasteiger charge is 2.24. The number of aryl methyl sites for hydroxylation is 1. The first kappa shape index (κ1) is 19.7. The molecule has 3 N–H and O–H groups in total. The Balaban J connectivity index is 1.77. The molecule has 0 spiro atoms. The van der Waals surface area contributed by atoms with Crippen molar-refractivity contribution in [3.63, 3.8) is 0 Å². The summed E-state index contributed by atoms with van der Waals surface area (Å²) in [6.07, 6.45) is 8.15. The van der Waals surface area contributed by atoms with E-state index in [9.17, 15) is 0 Å². The first-order valence-electron chi connectivity index (χ1n) is 10.4. The molecule has 0 atom stereocenters. The highest BCUT2D eigenvalue weighted by molar-refractivity contribution is 6.18. The predicted octanol–water partition coefficient (Wildman–Crippen LogP) is 5.72. The molecule has 5 heteroatoms. The summed E-state index contributed by atoms with van der Waals surface area (Å²) < 4.78 is 0. The van der Waals surface area contributed by atoms with Crippen LogP contribution in [-0.4, -0.2) is 18.5 Å². The Labute approximate surface area is 178 Å². The van der Waals surface area contributed by atoms with Gasteiger partial charge in [0.2, 0.25) is 0 Å². The molecule has 152 valence electrons. The molecule has 0 aliphatic carbocycles. The summed E-state index contributed by atoms with van der Waals surface area (Å²) in [5.74, 6) is 0. The van der Waals surface area contributed by atoms with Crippen LogP contribution < -0.4 is 15.6 Å². The lowest BCUT2D eigenvalue weighted by Crippen LogP contribution is -2.26. The highest BCUT2D eigenvalue weighted by atomic mass is 15.5. The van der Waals surface area contributed by atoms with Crippen LogP contribution in [0.2, 0.25) is 0 Å². The van der Waals surface area contributed by atoms with Gasteiger partial charge in [-0.3, -0.25) is 0 Å². The minimum Gasteiger partial charge on any atom is -0.383 e.